The highest BCUT2D eigenvalue weighted by Gasteiger charge is 2.13. The quantitative estimate of drug-likeness (QED) is 0.806. The second kappa shape index (κ2) is 6.63. The summed E-state index contributed by atoms with van der Waals surface area (Å²) in [5.41, 5.74) is 7.96. The van der Waals surface area contributed by atoms with Crippen molar-refractivity contribution in [2.24, 2.45) is 5.73 Å². The van der Waals surface area contributed by atoms with Gasteiger partial charge in [0.05, 0.1) is 19.7 Å². The van der Waals surface area contributed by atoms with Gasteiger partial charge in [0.1, 0.15) is 0 Å². The van der Waals surface area contributed by atoms with Crippen molar-refractivity contribution in [3.05, 3.63) is 23.9 Å². The van der Waals surface area contributed by atoms with Crippen LogP contribution in [0.5, 0.6) is 11.5 Å². The van der Waals surface area contributed by atoms with E-state index in [0.29, 0.717) is 12.3 Å². The number of hydrogen-bond donors (Lipinski definition) is 2. The van der Waals surface area contributed by atoms with Gasteiger partial charge in [-0.25, -0.2) is 0 Å². The van der Waals surface area contributed by atoms with Crippen LogP contribution in [0.3, 0.4) is 0 Å². The Bertz CT molecular complexity index is 578. The largest absolute Gasteiger partial charge is 0.493 e. The Balaban J connectivity index is 2.56. The van der Waals surface area contributed by atoms with E-state index in [9.17, 15) is 0 Å². The van der Waals surface area contributed by atoms with Gasteiger partial charge in [0.2, 0.25) is 0 Å². The van der Waals surface area contributed by atoms with Crippen LogP contribution in [0.1, 0.15) is 12.0 Å². The van der Waals surface area contributed by atoms with E-state index in [1.807, 2.05) is 12.1 Å². The van der Waals surface area contributed by atoms with Crippen molar-refractivity contribution >= 4 is 10.9 Å². The molecule has 0 unspecified atom stereocenters. The van der Waals surface area contributed by atoms with E-state index in [4.69, 9.17) is 20.3 Å². The molecule has 0 aliphatic rings. The van der Waals surface area contributed by atoms with Crippen LogP contribution in [0.25, 0.3) is 10.9 Å². The molecule has 5 heteroatoms. The van der Waals surface area contributed by atoms with Gasteiger partial charge >= 0.3 is 0 Å². The molecular formula is C15H22N2O3. The number of nitrogens with two attached hydrogens (primary N) is 1. The summed E-state index contributed by atoms with van der Waals surface area (Å²) < 4.78 is 12.9. The molecule has 0 spiro atoms. The predicted molar refractivity (Wildman–Crippen MR) is 79.5 cm³/mol. The summed E-state index contributed by atoms with van der Waals surface area (Å²) in [6.07, 6.45) is 3.64. The van der Waals surface area contributed by atoms with Crippen molar-refractivity contribution < 1.29 is 14.6 Å². The van der Waals surface area contributed by atoms with Crippen LogP contribution in [-0.4, -0.2) is 37.0 Å². The van der Waals surface area contributed by atoms with E-state index >= 15 is 0 Å². The molecule has 1 aromatic carbocycles. The molecule has 0 radical (unpaired) electrons. The molecule has 0 fully saturated rings. The fourth-order valence-corrected chi connectivity index (χ4v) is 2.47. The number of aryl methyl sites for hydroxylation is 1. The molecule has 1 heterocycles. The van der Waals surface area contributed by atoms with Gasteiger partial charge in [-0.05, 0) is 31.0 Å². The summed E-state index contributed by atoms with van der Waals surface area (Å²) in [7, 11) is 3.26. The fourth-order valence-electron chi connectivity index (χ4n) is 2.47. The van der Waals surface area contributed by atoms with E-state index in [0.717, 1.165) is 36.0 Å². The number of rotatable bonds is 7. The van der Waals surface area contributed by atoms with Gasteiger partial charge in [0, 0.05) is 30.8 Å². The number of hydrogen-bond acceptors (Lipinski definition) is 4. The Morgan fingerprint density at radius 3 is 2.50 bits per heavy atom. The zero-order chi connectivity index (χ0) is 14.5. The molecule has 0 saturated heterocycles. The molecule has 0 bridgehead atoms. The third-order valence-corrected chi connectivity index (χ3v) is 3.44. The van der Waals surface area contributed by atoms with E-state index in [1.165, 1.54) is 5.56 Å². The first kappa shape index (κ1) is 14.7. The maximum absolute atomic E-state index is 9.01. The lowest BCUT2D eigenvalue weighted by atomic mass is 10.1. The molecule has 0 atom stereocenters. The van der Waals surface area contributed by atoms with Crippen molar-refractivity contribution in [3.8, 4) is 11.5 Å². The second-order valence-corrected chi connectivity index (χ2v) is 4.69. The molecule has 2 rings (SSSR count). The molecule has 1 aromatic heterocycles. The van der Waals surface area contributed by atoms with Gasteiger partial charge in [-0.3, -0.25) is 0 Å². The lowest BCUT2D eigenvalue weighted by molar-refractivity contribution is 0.280. The Kier molecular flexibility index (Phi) is 4.87. The first-order valence-electron chi connectivity index (χ1n) is 6.79. The van der Waals surface area contributed by atoms with Gasteiger partial charge in [0.25, 0.3) is 0 Å². The Morgan fingerprint density at radius 2 is 1.90 bits per heavy atom. The number of aromatic nitrogens is 1. The molecule has 2 aromatic rings. The van der Waals surface area contributed by atoms with Gasteiger partial charge < -0.3 is 24.9 Å². The number of methoxy groups -OCH3 is 2. The van der Waals surface area contributed by atoms with E-state index in [1.54, 1.807) is 14.2 Å². The van der Waals surface area contributed by atoms with Gasteiger partial charge in [0.15, 0.2) is 11.5 Å². The molecule has 0 aliphatic carbocycles. The average molecular weight is 278 g/mol. The number of aliphatic hydroxyl groups excluding tert-OH is 1. The first-order valence-corrected chi connectivity index (χ1v) is 6.79. The number of nitrogens with zero attached hydrogens (tertiary/aromatic N) is 1. The Labute approximate surface area is 118 Å². The van der Waals surface area contributed by atoms with E-state index in [-0.39, 0.29) is 6.61 Å². The highest BCUT2D eigenvalue weighted by Crippen LogP contribution is 2.34. The van der Waals surface area contributed by atoms with Crippen LogP contribution in [0, 0.1) is 0 Å². The zero-order valence-electron chi connectivity index (χ0n) is 12.1. The first-order chi connectivity index (χ1) is 9.74. The lowest BCUT2D eigenvalue weighted by Crippen LogP contribution is -2.02. The van der Waals surface area contributed by atoms with Crippen molar-refractivity contribution in [2.75, 3.05) is 27.4 Å². The van der Waals surface area contributed by atoms with Crippen LogP contribution < -0.4 is 15.2 Å². The summed E-state index contributed by atoms with van der Waals surface area (Å²) in [4.78, 5) is 0. The molecular weight excluding hydrogens is 256 g/mol. The van der Waals surface area contributed by atoms with Gasteiger partial charge in [-0.15, -0.1) is 0 Å². The van der Waals surface area contributed by atoms with Crippen LogP contribution >= 0.6 is 0 Å². The highest BCUT2D eigenvalue weighted by atomic mass is 16.5. The minimum Gasteiger partial charge on any atom is -0.493 e. The van der Waals surface area contributed by atoms with Crippen molar-refractivity contribution in [1.29, 1.82) is 0 Å². The topological polar surface area (TPSA) is 69.6 Å². The number of ether oxygens (including phenoxy) is 2. The molecule has 5 nitrogen and oxygen atoms in total. The normalized spacial score (nSPS) is 11.0. The smallest absolute Gasteiger partial charge is 0.162 e. The van der Waals surface area contributed by atoms with Crippen LogP contribution in [-0.2, 0) is 13.0 Å². The van der Waals surface area contributed by atoms with Crippen LogP contribution in [0.4, 0.5) is 0 Å². The molecule has 110 valence electrons. The van der Waals surface area contributed by atoms with Crippen molar-refractivity contribution in [1.82, 2.24) is 4.57 Å². The molecule has 0 aliphatic heterocycles. The minimum atomic E-state index is 0.180. The van der Waals surface area contributed by atoms with E-state index < -0.39 is 0 Å². The molecule has 0 amide bonds. The highest BCUT2D eigenvalue weighted by molar-refractivity contribution is 5.87. The molecule has 0 saturated carbocycles. The maximum Gasteiger partial charge on any atom is 0.162 e. The second-order valence-electron chi connectivity index (χ2n) is 4.69. The van der Waals surface area contributed by atoms with Crippen LogP contribution in [0.2, 0.25) is 0 Å². The average Bonchev–Trinajstić information content (AvgIpc) is 2.81. The minimum absolute atomic E-state index is 0.180. The monoisotopic (exact) mass is 278 g/mol. The lowest BCUT2D eigenvalue weighted by Gasteiger charge is -2.09. The summed E-state index contributed by atoms with van der Waals surface area (Å²) >= 11 is 0. The van der Waals surface area contributed by atoms with Gasteiger partial charge in [-0.2, -0.15) is 0 Å². The van der Waals surface area contributed by atoms with E-state index in [2.05, 4.69) is 10.8 Å². The summed E-state index contributed by atoms with van der Waals surface area (Å²) in [5, 5.41) is 10.1. The van der Waals surface area contributed by atoms with Gasteiger partial charge in [-0.1, -0.05) is 0 Å². The third kappa shape index (κ3) is 2.73. The third-order valence-electron chi connectivity index (χ3n) is 3.44. The number of fused-ring (bicyclic) bond motifs is 1. The summed E-state index contributed by atoms with van der Waals surface area (Å²) in [6.45, 7) is 1.56. The number of aliphatic hydroxyl groups is 1. The SMILES string of the molecule is COc1cc2c(CCN)cn(CCCO)c2cc1OC. The maximum atomic E-state index is 9.01. The summed E-state index contributed by atoms with van der Waals surface area (Å²) in [5.74, 6) is 1.43. The Morgan fingerprint density at radius 1 is 1.20 bits per heavy atom. The zero-order valence-corrected chi connectivity index (χ0v) is 12.1. The molecule has 3 N–H and O–H groups in total. The Hall–Kier alpha value is -1.72. The van der Waals surface area contributed by atoms with Crippen LogP contribution in [0.15, 0.2) is 18.3 Å². The molecule has 20 heavy (non-hydrogen) atoms. The number of benzene rings is 1. The summed E-state index contributed by atoms with van der Waals surface area (Å²) in [6, 6.07) is 3.97. The standard InChI is InChI=1S/C15H22N2O3/c1-19-14-8-12-11(4-5-16)10-17(6-3-7-18)13(12)9-15(14)20-2/h8-10,18H,3-7,16H2,1-2H3. The van der Waals surface area contributed by atoms with Crippen molar-refractivity contribution in [3.63, 3.8) is 0 Å². The fraction of sp³-hybridized carbons (Fsp3) is 0.467. The van der Waals surface area contributed by atoms with Crippen molar-refractivity contribution in [2.45, 2.75) is 19.4 Å². The predicted octanol–water partition coefficient (Wildman–Crippen LogP) is 1.54.